The van der Waals surface area contributed by atoms with E-state index in [1.165, 1.54) is 5.56 Å². The van der Waals surface area contributed by atoms with Crippen molar-refractivity contribution in [2.45, 2.75) is 13.0 Å². The van der Waals surface area contributed by atoms with Crippen LogP contribution in [0.5, 0.6) is 0 Å². The van der Waals surface area contributed by atoms with Crippen LogP contribution in [0.15, 0.2) is 54.9 Å². The molecule has 0 aliphatic rings. The highest BCUT2D eigenvalue weighted by molar-refractivity contribution is 7.20. The van der Waals surface area contributed by atoms with Gasteiger partial charge in [-0.3, -0.25) is 4.79 Å². The summed E-state index contributed by atoms with van der Waals surface area (Å²) in [4.78, 5) is 11.5. The molecule has 0 unspecified atom stereocenters. The molecule has 5 aromatic carbocycles. The fourth-order valence-electron chi connectivity index (χ4n) is 6.59. The van der Waals surface area contributed by atoms with Gasteiger partial charge in [0.05, 0.1) is 12.5 Å². The topological polar surface area (TPSA) is 44.7 Å². The first kappa shape index (κ1) is 47.1. The number of carbonyl (C=O) groups is 1. The van der Waals surface area contributed by atoms with Gasteiger partial charge in [0, 0.05) is 23.3 Å². The van der Waals surface area contributed by atoms with Crippen LogP contribution in [0.3, 0.4) is 0 Å². The van der Waals surface area contributed by atoms with Crippen molar-refractivity contribution in [2.75, 3.05) is 0 Å². The number of ketones is 1. The van der Waals surface area contributed by atoms with E-state index in [0.717, 1.165) is 6.54 Å². The second-order valence-electron chi connectivity index (χ2n) is 12.8. The van der Waals surface area contributed by atoms with Gasteiger partial charge < -0.3 is 0 Å². The normalized spacial score (nSPS) is 11.3. The van der Waals surface area contributed by atoms with E-state index in [1.807, 2.05) is 41.2 Å². The Morgan fingerprint density at radius 1 is 0.413 bits per heavy atom. The summed E-state index contributed by atoms with van der Waals surface area (Å²) in [7, 11) is 0. The van der Waals surface area contributed by atoms with Crippen molar-refractivity contribution in [3.8, 4) is 6.07 Å². The lowest BCUT2D eigenvalue weighted by Gasteiger charge is -2.44. The van der Waals surface area contributed by atoms with Crippen molar-refractivity contribution in [2.24, 2.45) is 0 Å². The van der Waals surface area contributed by atoms with E-state index in [4.69, 9.17) is 5.26 Å². The minimum absolute atomic E-state index is 0.0668. The van der Waals surface area contributed by atoms with Gasteiger partial charge >= 0.3 is 0 Å². The van der Waals surface area contributed by atoms with Gasteiger partial charge in [0.25, 0.3) is 0 Å². The second kappa shape index (κ2) is 17.8. The maximum absolute atomic E-state index is 15.4. The Bertz CT molecular complexity index is 2490. The van der Waals surface area contributed by atoms with Crippen LogP contribution in [0.1, 0.15) is 22.3 Å². The van der Waals surface area contributed by atoms with Gasteiger partial charge in [0.2, 0.25) is 0 Å². The van der Waals surface area contributed by atoms with Crippen molar-refractivity contribution >= 4 is 33.8 Å². The predicted molar refractivity (Wildman–Crippen MR) is 176 cm³/mol. The minimum Gasteiger partial charge on any atom is -0.293 e. The first-order valence-corrected chi connectivity index (χ1v) is 16.7. The largest absolute Gasteiger partial charge is 0.293 e. The fraction of sp³-hybridized carbons (Fsp3) is 0.0513. The van der Waals surface area contributed by atoms with Crippen LogP contribution in [-0.4, -0.2) is 11.9 Å². The van der Waals surface area contributed by atoms with Crippen molar-refractivity contribution < 1.29 is 97.2 Å². The van der Waals surface area contributed by atoms with Gasteiger partial charge in [-0.05, 0) is 0 Å². The van der Waals surface area contributed by atoms with Gasteiger partial charge in [-0.2, -0.15) is 5.26 Å². The molecule has 3 nitrogen and oxygen atoms in total. The Labute approximate surface area is 337 Å². The number of carbonyl (C=O) groups excluding carboxylic acids is 1. The summed E-state index contributed by atoms with van der Waals surface area (Å²) in [5, 5.41) is 8.47. The number of pyridine rings is 1. The van der Waals surface area contributed by atoms with E-state index in [-0.39, 0.29) is 12.2 Å². The molecule has 63 heavy (non-hydrogen) atoms. The zero-order valence-electron chi connectivity index (χ0n) is 30.0. The summed E-state index contributed by atoms with van der Waals surface area (Å²) in [6.45, 7) is 0.771. The van der Waals surface area contributed by atoms with Crippen LogP contribution in [-0.2, 0) is 6.54 Å². The summed E-state index contributed by atoms with van der Waals surface area (Å²) in [6, 6.07) is 15.5. The summed E-state index contributed by atoms with van der Waals surface area (Å²) < 4.78 is 296. The average molecular weight is 916 g/mol. The third-order valence-corrected chi connectivity index (χ3v) is 9.37. The van der Waals surface area contributed by atoms with Crippen LogP contribution in [0, 0.1) is 128 Å². The van der Waals surface area contributed by atoms with Crippen LogP contribution in [0.25, 0.3) is 0 Å². The molecule has 0 aliphatic heterocycles. The number of Topliss-reactive ketones (excluding diaryl/α,β-unsaturated/α-hetero) is 1. The number of hydrogen-bond acceptors (Lipinski definition) is 2. The van der Waals surface area contributed by atoms with Crippen molar-refractivity contribution in [1.82, 2.24) is 0 Å². The number of benzene rings is 5. The first-order valence-electron chi connectivity index (χ1n) is 16.7. The summed E-state index contributed by atoms with van der Waals surface area (Å²) in [5.41, 5.74) is -12.5. The smallest absolute Gasteiger partial charge is 0.200 e. The number of aromatic nitrogens is 1. The lowest BCUT2D eigenvalue weighted by atomic mass is 9.12. The number of halogens is 20. The Kier molecular flexibility index (Phi) is 13.3. The molecule has 1 heterocycles. The van der Waals surface area contributed by atoms with Gasteiger partial charge in [-0.25, -0.2) is 92.4 Å². The molecule has 0 spiro atoms. The zero-order chi connectivity index (χ0) is 47.2. The Hall–Kier alpha value is -6.93. The molecular formula is C39H13BF20N2O. The Morgan fingerprint density at radius 3 is 0.921 bits per heavy atom. The molecule has 24 heteroatoms. The highest BCUT2D eigenvalue weighted by Crippen LogP contribution is 2.30. The van der Waals surface area contributed by atoms with E-state index in [9.17, 15) is 57.5 Å². The number of nitriles is 1. The summed E-state index contributed by atoms with van der Waals surface area (Å²) in [5.74, 6) is -71.5. The SMILES string of the molecule is Fc1c(F)c(F)c([B-](c2c(F)c(F)c(F)c(F)c2F)(c2c(F)c(F)c(F)c(F)c2F)c2c(F)c(F)c(F)c(F)c2F)c(F)c1F.N#CCC(=O)c1cc[n+](Cc2ccccc2)cc1. The van der Waals surface area contributed by atoms with Crippen molar-refractivity contribution in [3.63, 3.8) is 0 Å². The maximum atomic E-state index is 15.4. The molecule has 0 fully saturated rings. The highest BCUT2D eigenvalue weighted by Gasteiger charge is 2.52. The molecule has 0 saturated heterocycles. The van der Waals surface area contributed by atoms with E-state index in [0.29, 0.717) is 5.56 Å². The van der Waals surface area contributed by atoms with Crippen LogP contribution in [0.2, 0.25) is 0 Å². The summed E-state index contributed by atoms with van der Waals surface area (Å²) in [6.07, 6.45) is -3.57. The molecule has 0 N–H and O–H groups in total. The molecular weight excluding hydrogens is 903 g/mol. The first-order chi connectivity index (χ1) is 29.5. The highest BCUT2D eigenvalue weighted by atomic mass is 19.2. The molecule has 6 aromatic rings. The lowest BCUT2D eigenvalue weighted by Crippen LogP contribution is -2.81. The Balaban J connectivity index is 0.000000345. The number of rotatable bonds is 8. The van der Waals surface area contributed by atoms with Crippen LogP contribution >= 0.6 is 0 Å². The fourth-order valence-corrected chi connectivity index (χ4v) is 6.59. The van der Waals surface area contributed by atoms with Crippen LogP contribution < -0.4 is 26.4 Å². The van der Waals surface area contributed by atoms with E-state index in [2.05, 4.69) is 12.1 Å². The van der Waals surface area contributed by atoms with E-state index < -0.39 is 144 Å². The second-order valence-corrected chi connectivity index (χ2v) is 12.8. The quantitative estimate of drug-likeness (QED) is 0.0389. The van der Waals surface area contributed by atoms with Crippen molar-refractivity contribution in [1.29, 1.82) is 5.26 Å². The maximum Gasteiger partial charge on any atom is 0.200 e. The van der Waals surface area contributed by atoms with E-state index in [1.54, 1.807) is 12.1 Å². The van der Waals surface area contributed by atoms with Crippen LogP contribution in [0.4, 0.5) is 87.8 Å². The van der Waals surface area contributed by atoms with Gasteiger partial charge in [0.1, 0.15) is 52.7 Å². The molecule has 0 bridgehead atoms. The average Bonchev–Trinajstić information content (AvgIpc) is 3.27. The molecule has 1 aromatic heterocycles. The Morgan fingerprint density at radius 2 is 0.667 bits per heavy atom. The lowest BCUT2D eigenvalue weighted by molar-refractivity contribution is -0.688. The predicted octanol–water partition coefficient (Wildman–Crippen LogP) is 7.96. The van der Waals surface area contributed by atoms with Crippen molar-refractivity contribution in [3.05, 3.63) is 182 Å². The molecule has 0 amide bonds. The van der Waals surface area contributed by atoms with Gasteiger partial charge in [-0.1, -0.05) is 30.3 Å². The molecule has 0 aliphatic carbocycles. The minimum atomic E-state index is -7.22. The molecule has 0 radical (unpaired) electrons. The molecule has 0 atom stereocenters. The number of hydrogen-bond donors (Lipinski definition) is 0. The third kappa shape index (κ3) is 7.69. The third-order valence-electron chi connectivity index (χ3n) is 9.37. The van der Waals surface area contributed by atoms with E-state index >= 15 is 35.1 Å². The monoisotopic (exact) mass is 916 g/mol. The van der Waals surface area contributed by atoms with Gasteiger partial charge in [0.15, 0.2) is 94.5 Å². The zero-order valence-corrected chi connectivity index (χ0v) is 30.0. The molecule has 328 valence electrons. The van der Waals surface area contributed by atoms with Gasteiger partial charge in [-0.15, -0.1) is 21.9 Å². The standard InChI is InChI=1S/C24BF20.C15H13N2O/c26-5-1(6(27)14(35)21(42)13(5)34)25(2-7(28)15(36)22(43)16(37)8(2)29,3-9(30)17(38)23(44)18(39)10(3)31)4-11(32)19(40)24(45)20(41)12(4)33;16-9-6-15(18)14-7-10-17(11-8-14)12-13-4-2-1-3-5-13/h;1-5,7-8,10-11H,6,12H2/q-1;+1. The number of nitrogens with zero attached hydrogens (tertiary/aromatic N) is 2. The molecule has 6 rings (SSSR count). The molecule has 0 saturated carbocycles. The summed E-state index contributed by atoms with van der Waals surface area (Å²) >= 11 is 0.